The van der Waals surface area contributed by atoms with Gasteiger partial charge in [0.1, 0.15) is 11.5 Å². The maximum absolute atomic E-state index is 5.39. The van der Waals surface area contributed by atoms with Crippen molar-refractivity contribution >= 4 is 17.2 Å². The van der Waals surface area contributed by atoms with E-state index in [1.54, 1.807) is 7.11 Å². The first-order valence-corrected chi connectivity index (χ1v) is 8.07. The van der Waals surface area contributed by atoms with Gasteiger partial charge in [-0.25, -0.2) is 4.99 Å². The summed E-state index contributed by atoms with van der Waals surface area (Å²) in [6.07, 6.45) is 0. The summed E-state index contributed by atoms with van der Waals surface area (Å²) in [6.45, 7) is 0. The highest BCUT2D eigenvalue weighted by atomic mass is 16.5. The Morgan fingerprint density at radius 1 is 0.800 bits per heavy atom. The number of amidine groups is 1. The third-order valence-corrected chi connectivity index (χ3v) is 4.06. The summed E-state index contributed by atoms with van der Waals surface area (Å²) in [5.74, 6) is 1.50. The zero-order chi connectivity index (χ0) is 17.1. The molecule has 0 amide bonds. The number of aliphatic imine (C=N–C) groups is 1. The largest absolute Gasteiger partial charge is 0.497 e. The SMILES string of the molecule is COc1ccc2c(c1)C(c1ccccc1)=NNC(c1ccccc1)=N2. The summed E-state index contributed by atoms with van der Waals surface area (Å²) in [7, 11) is 1.66. The summed E-state index contributed by atoms with van der Waals surface area (Å²) >= 11 is 0. The first kappa shape index (κ1) is 15.1. The zero-order valence-corrected chi connectivity index (χ0v) is 13.8. The first-order valence-electron chi connectivity index (χ1n) is 8.07. The molecule has 3 aromatic carbocycles. The Bertz CT molecular complexity index is 947. The minimum absolute atomic E-state index is 0.720. The molecule has 1 heterocycles. The van der Waals surface area contributed by atoms with Crippen LogP contribution < -0.4 is 10.2 Å². The average molecular weight is 327 g/mol. The molecule has 0 saturated carbocycles. The second-order valence-electron chi connectivity index (χ2n) is 5.65. The van der Waals surface area contributed by atoms with Gasteiger partial charge in [-0.05, 0) is 18.2 Å². The van der Waals surface area contributed by atoms with Gasteiger partial charge in [-0.15, -0.1) is 0 Å². The number of nitrogens with one attached hydrogen (secondary N) is 1. The third-order valence-electron chi connectivity index (χ3n) is 4.06. The highest BCUT2D eigenvalue weighted by molar-refractivity contribution is 6.18. The highest BCUT2D eigenvalue weighted by Crippen LogP contribution is 2.29. The molecule has 0 spiro atoms. The van der Waals surface area contributed by atoms with Gasteiger partial charge in [-0.1, -0.05) is 60.7 Å². The summed E-state index contributed by atoms with van der Waals surface area (Å²) in [5, 5.41) is 4.65. The molecule has 4 heteroatoms. The molecular formula is C21H17N3O. The molecule has 0 saturated heterocycles. The Morgan fingerprint density at radius 2 is 1.48 bits per heavy atom. The van der Waals surface area contributed by atoms with Crippen LogP contribution in [0.4, 0.5) is 5.69 Å². The van der Waals surface area contributed by atoms with Gasteiger partial charge in [-0.3, -0.25) is 5.43 Å². The van der Waals surface area contributed by atoms with Gasteiger partial charge in [0.2, 0.25) is 0 Å². The molecule has 4 rings (SSSR count). The van der Waals surface area contributed by atoms with E-state index in [1.807, 2.05) is 78.9 Å². The number of hydrogen-bond donors (Lipinski definition) is 1. The fourth-order valence-corrected chi connectivity index (χ4v) is 2.79. The van der Waals surface area contributed by atoms with Gasteiger partial charge in [-0.2, -0.15) is 5.10 Å². The molecule has 0 aliphatic carbocycles. The summed E-state index contributed by atoms with van der Waals surface area (Å²) in [4.78, 5) is 4.80. The molecule has 0 atom stereocenters. The quantitative estimate of drug-likeness (QED) is 0.786. The fourth-order valence-electron chi connectivity index (χ4n) is 2.79. The number of benzene rings is 3. The van der Waals surface area contributed by atoms with Crippen molar-refractivity contribution in [1.29, 1.82) is 0 Å². The molecule has 3 aromatic rings. The molecule has 0 radical (unpaired) electrons. The average Bonchev–Trinajstić information content (AvgIpc) is 2.88. The molecule has 1 aliphatic rings. The van der Waals surface area contributed by atoms with Gasteiger partial charge >= 0.3 is 0 Å². The number of fused-ring (bicyclic) bond motifs is 1. The van der Waals surface area contributed by atoms with Crippen LogP contribution in [0.25, 0.3) is 0 Å². The molecule has 0 fully saturated rings. The van der Waals surface area contributed by atoms with Gasteiger partial charge in [0.15, 0.2) is 5.84 Å². The van der Waals surface area contributed by atoms with Gasteiger partial charge in [0.05, 0.1) is 12.8 Å². The van der Waals surface area contributed by atoms with Crippen LogP contribution in [0, 0.1) is 0 Å². The number of nitrogens with zero attached hydrogens (tertiary/aromatic N) is 2. The molecule has 0 unspecified atom stereocenters. The van der Waals surface area contributed by atoms with Crippen LogP contribution in [0.5, 0.6) is 5.75 Å². The zero-order valence-electron chi connectivity index (χ0n) is 13.8. The molecule has 4 nitrogen and oxygen atoms in total. The molecule has 1 aliphatic heterocycles. The maximum atomic E-state index is 5.39. The van der Waals surface area contributed by atoms with Crippen molar-refractivity contribution < 1.29 is 4.74 Å². The van der Waals surface area contributed by atoms with Gasteiger partial charge in [0.25, 0.3) is 0 Å². The maximum Gasteiger partial charge on any atom is 0.154 e. The second kappa shape index (κ2) is 6.61. The molecule has 25 heavy (non-hydrogen) atoms. The fraction of sp³-hybridized carbons (Fsp3) is 0.0476. The lowest BCUT2D eigenvalue weighted by Gasteiger charge is -2.09. The number of ether oxygens (including phenoxy) is 1. The van der Waals surface area contributed by atoms with Crippen molar-refractivity contribution in [2.75, 3.05) is 7.11 Å². The van der Waals surface area contributed by atoms with E-state index in [4.69, 9.17) is 9.73 Å². The molecule has 0 bridgehead atoms. The Kier molecular flexibility index (Phi) is 4.01. The Hall–Kier alpha value is -3.40. The Balaban J connectivity index is 1.89. The summed E-state index contributed by atoms with van der Waals surface area (Å²) in [5.41, 5.74) is 7.76. The third kappa shape index (κ3) is 3.02. The lowest BCUT2D eigenvalue weighted by atomic mass is 10.0. The van der Waals surface area contributed by atoms with E-state index in [9.17, 15) is 0 Å². The molecule has 1 N–H and O–H groups in total. The normalized spacial score (nSPS) is 13.0. The lowest BCUT2D eigenvalue weighted by Crippen LogP contribution is -2.19. The number of methoxy groups -OCH3 is 1. The summed E-state index contributed by atoms with van der Waals surface area (Å²) in [6, 6.07) is 25.9. The van der Waals surface area contributed by atoms with Crippen LogP contribution >= 0.6 is 0 Å². The van der Waals surface area contributed by atoms with E-state index in [-0.39, 0.29) is 0 Å². The van der Waals surface area contributed by atoms with Crippen molar-refractivity contribution in [2.45, 2.75) is 0 Å². The monoisotopic (exact) mass is 327 g/mol. The van der Waals surface area contributed by atoms with E-state index in [1.165, 1.54) is 0 Å². The van der Waals surface area contributed by atoms with E-state index in [2.05, 4.69) is 10.5 Å². The van der Waals surface area contributed by atoms with E-state index in [0.717, 1.165) is 39.7 Å². The Morgan fingerprint density at radius 3 is 2.16 bits per heavy atom. The minimum Gasteiger partial charge on any atom is -0.497 e. The van der Waals surface area contributed by atoms with E-state index >= 15 is 0 Å². The number of hydrazone groups is 1. The topological polar surface area (TPSA) is 46.0 Å². The van der Waals surface area contributed by atoms with Crippen molar-refractivity contribution in [1.82, 2.24) is 5.43 Å². The van der Waals surface area contributed by atoms with Crippen LogP contribution in [-0.2, 0) is 0 Å². The van der Waals surface area contributed by atoms with Crippen molar-refractivity contribution in [3.63, 3.8) is 0 Å². The first-order chi connectivity index (χ1) is 12.3. The number of rotatable bonds is 3. The van der Waals surface area contributed by atoms with Crippen LogP contribution in [0.15, 0.2) is 89.0 Å². The molecule has 122 valence electrons. The second-order valence-corrected chi connectivity index (χ2v) is 5.65. The smallest absolute Gasteiger partial charge is 0.154 e. The van der Waals surface area contributed by atoms with Gasteiger partial charge < -0.3 is 4.74 Å². The molecule has 0 aromatic heterocycles. The van der Waals surface area contributed by atoms with Crippen LogP contribution in [0.2, 0.25) is 0 Å². The minimum atomic E-state index is 0.720. The van der Waals surface area contributed by atoms with Crippen LogP contribution in [-0.4, -0.2) is 18.7 Å². The standard InChI is InChI=1S/C21H17N3O/c1-25-17-12-13-19-18(14-17)20(15-8-4-2-5-9-15)23-24-21(22-19)16-10-6-3-7-11-16/h2-14H,1H3,(H,22,24). The molecular weight excluding hydrogens is 310 g/mol. The lowest BCUT2D eigenvalue weighted by molar-refractivity contribution is 0.415. The van der Waals surface area contributed by atoms with Crippen LogP contribution in [0.1, 0.15) is 16.7 Å². The van der Waals surface area contributed by atoms with E-state index < -0.39 is 0 Å². The predicted octanol–water partition coefficient (Wildman–Crippen LogP) is 4.13. The Labute approximate surface area is 146 Å². The highest BCUT2D eigenvalue weighted by Gasteiger charge is 2.17. The number of hydrogen-bond acceptors (Lipinski definition) is 4. The van der Waals surface area contributed by atoms with Crippen molar-refractivity contribution in [3.8, 4) is 5.75 Å². The van der Waals surface area contributed by atoms with Crippen LogP contribution in [0.3, 0.4) is 0 Å². The van der Waals surface area contributed by atoms with Crippen molar-refractivity contribution in [2.24, 2.45) is 10.1 Å². The predicted molar refractivity (Wildman–Crippen MR) is 101 cm³/mol. The van der Waals surface area contributed by atoms with E-state index in [0.29, 0.717) is 0 Å². The van der Waals surface area contributed by atoms with Gasteiger partial charge in [0, 0.05) is 16.7 Å². The summed E-state index contributed by atoms with van der Waals surface area (Å²) < 4.78 is 5.39. The van der Waals surface area contributed by atoms with Crippen molar-refractivity contribution in [3.05, 3.63) is 95.6 Å².